The minimum atomic E-state index is -0.459. The smallest absolute Gasteiger partial charge is 0.223 e. The normalized spacial score (nSPS) is 24.5. The lowest BCUT2D eigenvalue weighted by atomic mass is 9.86. The minimum absolute atomic E-state index is 0.0305. The summed E-state index contributed by atoms with van der Waals surface area (Å²) in [7, 11) is 0. The van der Waals surface area contributed by atoms with Crippen molar-refractivity contribution in [3.8, 4) is 5.75 Å². The Morgan fingerprint density at radius 2 is 1.91 bits per heavy atom. The number of fused-ring (bicyclic) bond motifs is 3. The first-order chi connectivity index (χ1) is 16.2. The Hall–Kier alpha value is -1.85. The second kappa shape index (κ2) is 12.2. The van der Waals surface area contributed by atoms with Gasteiger partial charge in [0.15, 0.2) is 0 Å². The molecular formula is C29H45NO4. The van der Waals surface area contributed by atoms with Crippen molar-refractivity contribution in [2.45, 2.75) is 122 Å². The van der Waals surface area contributed by atoms with E-state index < -0.39 is 12.2 Å². The SMILES string of the molecule is CCCCC[C@H](O)/C=C/[C@@H]1[C@H]2c3cccc(CCCC(=O)N(C(C)C)C(C)C)c3O[C@H]2C[C@H]1O. The molecule has 1 aromatic rings. The number of benzene rings is 1. The molecule has 1 fully saturated rings. The summed E-state index contributed by atoms with van der Waals surface area (Å²) in [6.07, 6.45) is 9.73. The Morgan fingerprint density at radius 1 is 1.18 bits per heavy atom. The van der Waals surface area contributed by atoms with Gasteiger partial charge in [-0.15, -0.1) is 0 Å². The van der Waals surface area contributed by atoms with E-state index in [1.54, 1.807) is 0 Å². The van der Waals surface area contributed by atoms with Gasteiger partial charge < -0.3 is 19.8 Å². The average molecular weight is 472 g/mol. The molecule has 2 N–H and O–H groups in total. The van der Waals surface area contributed by atoms with Crippen molar-refractivity contribution in [1.29, 1.82) is 0 Å². The number of unbranched alkanes of at least 4 members (excludes halogenated alkanes) is 2. The number of rotatable bonds is 12. The first-order valence-corrected chi connectivity index (χ1v) is 13.4. The summed E-state index contributed by atoms with van der Waals surface area (Å²) in [5.41, 5.74) is 2.31. The first-order valence-electron chi connectivity index (χ1n) is 13.4. The summed E-state index contributed by atoms with van der Waals surface area (Å²) < 4.78 is 6.38. The van der Waals surface area contributed by atoms with Gasteiger partial charge >= 0.3 is 0 Å². The fourth-order valence-corrected chi connectivity index (χ4v) is 5.85. The van der Waals surface area contributed by atoms with Crippen molar-refractivity contribution in [3.63, 3.8) is 0 Å². The van der Waals surface area contributed by atoms with Crippen LogP contribution < -0.4 is 4.74 Å². The second-order valence-corrected chi connectivity index (χ2v) is 10.7. The zero-order chi connectivity index (χ0) is 24.8. The third-order valence-electron chi connectivity index (χ3n) is 7.39. The Labute approximate surface area is 206 Å². The molecule has 0 spiro atoms. The lowest BCUT2D eigenvalue weighted by Crippen LogP contribution is -2.41. The van der Waals surface area contributed by atoms with Crippen molar-refractivity contribution in [1.82, 2.24) is 4.90 Å². The van der Waals surface area contributed by atoms with E-state index in [1.165, 1.54) is 0 Å². The summed E-state index contributed by atoms with van der Waals surface area (Å²) in [5.74, 6) is 1.22. The van der Waals surface area contributed by atoms with E-state index in [9.17, 15) is 15.0 Å². The highest BCUT2D eigenvalue weighted by atomic mass is 16.5. The molecular weight excluding hydrogens is 426 g/mol. The van der Waals surface area contributed by atoms with E-state index in [0.29, 0.717) is 12.8 Å². The fourth-order valence-electron chi connectivity index (χ4n) is 5.85. The number of para-hydroxylation sites is 1. The molecule has 1 amide bonds. The number of aliphatic hydroxyl groups is 2. The molecule has 0 aromatic heterocycles. The van der Waals surface area contributed by atoms with Crippen LogP contribution in [0.15, 0.2) is 30.4 Å². The second-order valence-electron chi connectivity index (χ2n) is 10.7. The molecule has 0 unspecified atom stereocenters. The van der Waals surface area contributed by atoms with Crippen LogP contribution in [0.1, 0.15) is 96.6 Å². The van der Waals surface area contributed by atoms with Gasteiger partial charge in [-0.25, -0.2) is 0 Å². The summed E-state index contributed by atoms with van der Waals surface area (Å²) in [4.78, 5) is 14.7. The van der Waals surface area contributed by atoms with Crippen LogP contribution >= 0.6 is 0 Å². The molecule has 1 heterocycles. The van der Waals surface area contributed by atoms with Gasteiger partial charge in [0.1, 0.15) is 11.9 Å². The fraction of sp³-hybridized carbons (Fsp3) is 0.690. The van der Waals surface area contributed by atoms with Crippen molar-refractivity contribution in [2.75, 3.05) is 0 Å². The van der Waals surface area contributed by atoms with Crippen LogP contribution in [-0.2, 0) is 11.2 Å². The maximum absolute atomic E-state index is 12.7. The molecule has 0 bridgehead atoms. The van der Waals surface area contributed by atoms with Gasteiger partial charge in [0.2, 0.25) is 5.91 Å². The van der Waals surface area contributed by atoms with Crippen LogP contribution in [0.25, 0.3) is 0 Å². The average Bonchev–Trinajstić information content (AvgIpc) is 3.27. The Kier molecular flexibility index (Phi) is 9.61. The number of carbonyl (C=O) groups is 1. The maximum Gasteiger partial charge on any atom is 0.223 e. The number of amides is 1. The van der Waals surface area contributed by atoms with Crippen molar-refractivity contribution in [2.24, 2.45) is 5.92 Å². The van der Waals surface area contributed by atoms with E-state index in [0.717, 1.165) is 55.4 Å². The highest BCUT2D eigenvalue weighted by molar-refractivity contribution is 5.76. The third kappa shape index (κ3) is 6.23. The molecule has 1 saturated carbocycles. The number of hydrogen-bond donors (Lipinski definition) is 2. The predicted octanol–water partition coefficient (Wildman–Crippen LogP) is 5.38. The predicted molar refractivity (Wildman–Crippen MR) is 137 cm³/mol. The van der Waals surface area contributed by atoms with Gasteiger partial charge in [0, 0.05) is 42.3 Å². The molecule has 5 atom stereocenters. The minimum Gasteiger partial charge on any atom is -0.489 e. The standard InChI is InChI=1S/C29H45NO4/c1-6-7-8-13-22(31)16-17-23-25(32)18-26-28(23)24-14-9-11-21(29(24)34-26)12-10-15-27(33)30(19(2)3)20(4)5/h9,11,14,16-17,19-20,22-23,25-26,28,31-32H,6-8,10,12-13,15,18H2,1-5H3/b17-16+/t22-,23-,25+,26-,28-/m0/s1. The van der Waals surface area contributed by atoms with Crippen LogP contribution in [0.4, 0.5) is 0 Å². The van der Waals surface area contributed by atoms with Gasteiger partial charge in [-0.1, -0.05) is 56.5 Å². The van der Waals surface area contributed by atoms with E-state index in [1.807, 2.05) is 17.1 Å². The van der Waals surface area contributed by atoms with Gasteiger partial charge in [0.05, 0.1) is 12.2 Å². The Balaban J connectivity index is 1.65. The van der Waals surface area contributed by atoms with Gasteiger partial charge in [0.25, 0.3) is 0 Å². The zero-order valence-corrected chi connectivity index (χ0v) is 21.7. The zero-order valence-electron chi connectivity index (χ0n) is 21.7. The molecule has 3 rings (SSSR count). The topological polar surface area (TPSA) is 70.0 Å². The Bertz CT molecular complexity index is 825. The van der Waals surface area contributed by atoms with Crippen LogP contribution in [0.3, 0.4) is 0 Å². The molecule has 2 aliphatic rings. The van der Waals surface area contributed by atoms with Crippen LogP contribution in [0, 0.1) is 5.92 Å². The van der Waals surface area contributed by atoms with Crippen LogP contribution in [0.5, 0.6) is 5.75 Å². The lowest BCUT2D eigenvalue weighted by molar-refractivity contribution is -0.134. The number of nitrogens with zero attached hydrogens (tertiary/aromatic N) is 1. The van der Waals surface area contributed by atoms with Crippen LogP contribution in [-0.4, -0.2) is 51.4 Å². The van der Waals surface area contributed by atoms with E-state index in [4.69, 9.17) is 4.74 Å². The first kappa shape index (κ1) is 26.7. The quantitative estimate of drug-likeness (QED) is 0.317. The largest absolute Gasteiger partial charge is 0.489 e. The number of aliphatic hydroxyl groups excluding tert-OH is 2. The number of hydrogen-bond acceptors (Lipinski definition) is 4. The Morgan fingerprint density at radius 3 is 2.59 bits per heavy atom. The molecule has 1 aliphatic heterocycles. The molecule has 1 aliphatic carbocycles. The van der Waals surface area contributed by atoms with E-state index in [2.05, 4.69) is 52.8 Å². The van der Waals surface area contributed by atoms with Crippen molar-refractivity contribution < 1.29 is 19.7 Å². The molecule has 5 heteroatoms. The maximum atomic E-state index is 12.7. The number of carbonyl (C=O) groups excluding carboxylic acids is 1. The van der Waals surface area contributed by atoms with E-state index >= 15 is 0 Å². The van der Waals surface area contributed by atoms with Crippen molar-refractivity contribution in [3.05, 3.63) is 41.5 Å². The highest BCUT2D eigenvalue weighted by Crippen LogP contribution is 2.52. The molecule has 0 radical (unpaired) electrons. The lowest BCUT2D eigenvalue weighted by Gasteiger charge is -2.31. The summed E-state index contributed by atoms with van der Waals surface area (Å²) in [5, 5.41) is 21.0. The summed E-state index contributed by atoms with van der Waals surface area (Å²) in [6, 6.07) is 6.70. The third-order valence-corrected chi connectivity index (χ3v) is 7.39. The summed E-state index contributed by atoms with van der Waals surface area (Å²) in [6.45, 7) is 10.4. The molecule has 190 valence electrons. The van der Waals surface area contributed by atoms with E-state index in [-0.39, 0.29) is 35.9 Å². The number of aryl methyl sites for hydroxylation is 1. The van der Waals surface area contributed by atoms with Gasteiger partial charge in [-0.3, -0.25) is 4.79 Å². The summed E-state index contributed by atoms with van der Waals surface area (Å²) >= 11 is 0. The van der Waals surface area contributed by atoms with Gasteiger partial charge in [-0.2, -0.15) is 0 Å². The molecule has 0 saturated heterocycles. The molecule has 1 aromatic carbocycles. The van der Waals surface area contributed by atoms with Crippen molar-refractivity contribution >= 4 is 5.91 Å². The highest BCUT2D eigenvalue weighted by Gasteiger charge is 2.48. The number of ether oxygens (including phenoxy) is 1. The monoisotopic (exact) mass is 471 g/mol. The molecule has 34 heavy (non-hydrogen) atoms. The van der Waals surface area contributed by atoms with Gasteiger partial charge in [-0.05, 0) is 52.5 Å². The van der Waals surface area contributed by atoms with Crippen LogP contribution in [0.2, 0.25) is 0 Å². The molecule has 5 nitrogen and oxygen atoms in total.